The molecule has 0 saturated carbocycles. The molecule has 0 saturated heterocycles. The number of hydrogen-bond acceptors (Lipinski definition) is 6. The van der Waals surface area contributed by atoms with Crippen LogP contribution in [0.5, 0.6) is 0 Å². The average Bonchev–Trinajstić information content (AvgIpc) is 2.64. The van der Waals surface area contributed by atoms with Gasteiger partial charge in [0.1, 0.15) is 0 Å². The molecule has 2 amide bonds. The van der Waals surface area contributed by atoms with Crippen LogP contribution in [-0.4, -0.2) is 61.7 Å². The van der Waals surface area contributed by atoms with Crippen LogP contribution in [-0.2, 0) is 27.4 Å². The molecule has 0 radical (unpaired) electrons. The van der Waals surface area contributed by atoms with E-state index in [2.05, 4.69) is 49.9 Å². The molecule has 8 nitrogen and oxygen atoms in total. The topological polar surface area (TPSA) is 111 Å². The molecule has 0 heterocycles. The van der Waals surface area contributed by atoms with E-state index in [0.717, 1.165) is 24.9 Å². The number of Topliss-reactive ketones (excluding diaryl/α,β-unsaturated/α-hetero) is 2. The number of amides is 2. The Morgan fingerprint density at radius 1 is 0.636 bits per heavy atom. The smallest absolute Gasteiger partial charge is 0.311 e. The van der Waals surface area contributed by atoms with Crippen molar-refractivity contribution >= 4 is 48.6 Å². The standard InChI is InChI=1S/C22H46N2O6Si3/c1-17(2)19(25)21(27)23-13-11-15-31(5,6)29-33(9,10)30-32(7,8)16-12-14-24-22(28)20(26)18(3)4/h17-18H,11-16H2,1-10H3,(H,23,27)(H,24,28). The third-order valence-corrected chi connectivity index (χ3v) is 16.5. The molecule has 0 aliphatic heterocycles. The summed E-state index contributed by atoms with van der Waals surface area (Å²) in [5.41, 5.74) is 0. The summed E-state index contributed by atoms with van der Waals surface area (Å²) in [7, 11) is -6.38. The second-order valence-electron chi connectivity index (χ2n) is 10.9. The lowest BCUT2D eigenvalue weighted by molar-refractivity contribution is -0.139. The zero-order valence-corrected chi connectivity index (χ0v) is 25.3. The molecule has 0 atom stereocenters. The second kappa shape index (κ2) is 13.7. The van der Waals surface area contributed by atoms with Crippen molar-refractivity contribution in [2.75, 3.05) is 13.1 Å². The van der Waals surface area contributed by atoms with Crippen molar-refractivity contribution in [3.8, 4) is 0 Å². The van der Waals surface area contributed by atoms with Crippen LogP contribution in [0.4, 0.5) is 0 Å². The summed E-state index contributed by atoms with van der Waals surface area (Å²) in [6, 6.07) is 1.72. The Morgan fingerprint density at radius 3 is 1.21 bits per heavy atom. The molecular formula is C22H46N2O6Si3. The summed E-state index contributed by atoms with van der Waals surface area (Å²) in [4.78, 5) is 46.9. The Balaban J connectivity index is 4.49. The Morgan fingerprint density at radius 2 is 0.939 bits per heavy atom. The van der Waals surface area contributed by atoms with Gasteiger partial charge < -0.3 is 18.9 Å². The second-order valence-corrected chi connectivity index (χ2v) is 23.4. The number of ketones is 2. The Hall–Kier alpha value is -1.15. The third kappa shape index (κ3) is 14.0. The van der Waals surface area contributed by atoms with Crippen molar-refractivity contribution in [2.45, 2.75) is 91.9 Å². The van der Waals surface area contributed by atoms with Crippen LogP contribution < -0.4 is 10.6 Å². The van der Waals surface area contributed by atoms with Crippen LogP contribution >= 0.6 is 0 Å². The summed E-state index contributed by atoms with van der Waals surface area (Å²) >= 11 is 0. The fourth-order valence-electron chi connectivity index (χ4n) is 3.58. The molecule has 33 heavy (non-hydrogen) atoms. The summed E-state index contributed by atoms with van der Waals surface area (Å²) < 4.78 is 13.1. The SMILES string of the molecule is CC(C)C(=O)C(=O)NCCC[Si](C)(C)O[Si](C)(C)O[Si](C)(C)CCCNC(=O)C(=O)C(C)C. The van der Waals surface area contributed by atoms with Crippen molar-refractivity contribution in [1.82, 2.24) is 10.6 Å². The number of carbonyl (C=O) groups is 4. The first-order valence-corrected chi connectivity index (χ1v) is 21.0. The lowest BCUT2D eigenvalue weighted by atomic mass is 10.1. The van der Waals surface area contributed by atoms with E-state index >= 15 is 0 Å². The summed E-state index contributed by atoms with van der Waals surface area (Å²) in [6.45, 7) is 20.6. The number of rotatable bonds is 16. The van der Waals surface area contributed by atoms with Crippen molar-refractivity contribution in [3.63, 3.8) is 0 Å². The third-order valence-electron chi connectivity index (χ3n) is 5.02. The average molecular weight is 519 g/mol. The minimum Gasteiger partial charge on any atom is -0.437 e. The predicted molar refractivity (Wildman–Crippen MR) is 139 cm³/mol. The van der Waals surface area contributed by atoms with E-state index in [1.165, 1.54) is 0 Å². The Labute approximate surface area is 203 Å². The van der Waals surface area contributed by atoms with E-state index in [1.807, 2.05) is 0 Å². The van der Waals surface area contributed by atoms with Crippen LogP contribution in [0.2, 0.25) is 51.4 Å². The first-order valence-electron chi connectivity index (χ1n) is 11.9. The number of hydrogen-bond donors (Lipinski definition) is 2. The molecule has 0 aromatic heterocycles. The highest BCUT2D eigenvalue weighted by Gasteiger charge is 2.39. The molecule has 0 rings (SSSR count). The van der Waals surface area contributed by atoms with Crippen LogP contribution in [0.15, 0.2) is 0 Å². The molecule has 11 heteroatoms. The number of carbonyl (C=O) groups excluding carboxylic acids is 4. The quantitative estimate of drug-likeness (QED) is 0.183. The van der Waals surface area contributed by atoms with E-state index < -0.39 is 37.0 Å². The predicted octanol–water partition coefficient (Wildman–Crippen LogP) is 3.59. The minimum atomic E-state index is -2.36. The van der Waals surface area contributed by atoms with Crippen LogP contribution in [0.25, 0.3) is 0 Å². The summed E-state index contributed by atoms with van der Waals surface area (Å²) in [6.07, 6.45) is 1.52. The highest BCUT2D eigenvalue weighted by atomic mass is 28.5. The van der Waals surface area contributed by atoms with Crippen molar-refractivity contribution in [1.29, 1.82) is 0 Å². The van der Waals surface area contributed by atoms with E-state index in [0.29, 0.717) is 13.1 Å². The van der Waals surface area contributed by atoms with Gasteiger partial charge in [0.15, 0.2) is 16.6 Å². The van der Waals surface area contributed by atoms with Crippen LogP contribution in [0.3, 0.4) is 0 Å². The van der Waals surface area contributed by atoms with Crippen LogP contribution in [0, 0.1) is 11.8 Å². The molecule has 0 bridgehead atoms. The van der Waals surface area contributed by atoms with E-state index in [4.69, 9.17) is 8.23 Å². The fraction of sp³-hybridized carbons (Fsp3) is 0.818. The molecule has 0 aliphatic carbocycles. The zero-order valence-electron chi connectivity index (χ0n) is 22.3. The highest BCUT2D eigenvalue weighted by molar-refractivity contribution is 6.87. The minimum absolute atomic E-state index is 0.297. The van der Waals surface area contributed by atoms with Gasteiger partial charge in [-0.3, -0.25) is 19.2 Å². The van der Waals surface area contributed by atoms with Gasteiger partial charge in [-0.2, -0.15) is 0 Å². The molecule has 0 aromatic rings. The van der Waals surface area contributed by atoms with Gasteiger partial charge in [0.25, 0.3) is 11.8 Å². The van der Waals surface area contributed by atoms with Gasteiger partial charge in [0.05, 0.1) is 0 Å². The maximum absolute atomic E-state index is 11.8. The molecule has 0 aromatic carbocycles. The van der Waals surface area contributed by atoms with Gasteiger partial charge in [0.2, 0.25) is 11.6 Å². The molecular weight excluding hydrogens is 473 g/mol. The van der Waals surface area contributed by atoms with Crippen molar-refractivity contribution in [3.05, 3.63) is 0 Å². The van der Waals surface area contributed by atoms with Gasteiger partial charge in [-0.1, -0.05) is 27.7 Å². The first kappa shape index (κ1) is 31.9. The van der Waals surface area contributed by atoms with E-state index in [9.17, 15) is 19.2 Å². The van der Waals surface area contributed by atoms with E-state index in [1.54, 1.807) is 27.7 Å². The maximum Gasteiger partial charge on any atom is 0.311 e. The number of nitrogens with one attached hydrogen (secondary N) is 2. The van der Waals surface area contributed by atoms with Gasteiger partial charge >= 0.3 is 8.56 Å². The van der Waals surface area contributed by atoms with Gasteiger partial charge in [-0.15, -0.1) is 0 Å². The Kier molecular flexibility index (Phi) is 13.2. The van der Waals surface area contributed by atoms with Gasteiger partial charge in [-0.25, -0.2) is 0 Å². The highest BCUT2D eigenvalue weighted by Crippen LogP contribution is 2.25. The largest absolute Gasteiger partial charge is 0.437 e. The lowest BCUT2D eigenvalue weighted by Gasteiger charge is -2.38. The van der Waals surface area contributed by atoms with Crippen LogP contribution in [0.1, 0.15) is 40.5 Å². The Bertz CT molecular complexity index is 638. The molecule has 0 unspecified atom stereocenters. The molecule has 0 spiro atoms. The normalized spacial score (nSPS) is 12.7. The summed E-state index contributed by atoms with van der Waals surface area (Å²) in [5, 5.41) is 5.40. The summed E-state index contributed by atoms with van der Waals surface area (Å²) in [5.74, 6) is -2.39. The molecule has 0 aliphatic rings. The monoisotopic (exact) mass is 518 g/mol. The molecule has 2 N–H and O–H groups in total. The van der Waals surface area contributed by atoms with E-state index in [-0.39, 0.29) is 23.4 Å². The fourth-order valence-corrected chi connectivity index (χ4v) is 17.6. The zero-order chi connectivity index (χ0) is 26.0. The molecule has 192 valence electrons. The lowest BCUT2D eigenvalue weighted by Crippen LogP contribution is -2.52. The first-order chi connectivity index (χ1) is 14.9. The van der Waals surface area contributed by atoms with Gasteiger partial charge in [-0.05, 0) is 64.2 Å². The molecule has 0 fully saturated rings. The van der Waals surface area contributed by atoms with Crippen molar-refractivity contribution < 1.29 is 27.4 Å². The maximum atomic E-state index is 11.8. The van der Waals surface area contributed by atoms with Crippen molar-refractivity contribution in [2.24, 2.45) is 11.8 Å². The van der Waals surface area contributed by atoms with Gasteiger partial charge in [0, 0.05) is 24.9 Å².